The highest BCUT2D eigenvalue weighted by molar-refractivity contribution is 5.71. The van der Waals surface area contributed by atoms with E-state index in [1.54, 1.807) is 0 Å². The number of alkyl carbamates (subject to hydrolysis) is 1. The molecule has 1 saturated heterocycles. The van der Waals surface area contributed by atoms with Gasteiger partial charge in [0, 0.05) is 19.1 Å². The van der Waals surface area contributed by atoms with Gasteiger partial charge in [0.05, 0.1) is 12.1 Å². The van der Waals surface area contributed by atoms with E-state index in [1.165, 1.54) is 0 Å². The minimum atomic E-state index is -0.432. The lowest BCUT2D eigenvalue weighted by atomic mass is 9.80. The van der Waals surface area contributed by atoms with Crippen LogP contribution in [0.2, 0.25) is 0 Å². The van der Waals surface area contributed by atoms with Crippen molar-refractivity contribution in [2.24, 2.45) is 5.92 Å². The number of fused-ring (bicyclic) bond motifs is 1. The first-order valence-electron chi connectivity index (χ1n) is 8.36. The summed E-state index contributed by atoms with van der Waals surface area (Å²) >= 11 is 0. The first kappa shape index (κ1) is 17.2. The van der Waals surface area contributed by atoms with Crippen molar-refractivity contribution in [1.29, 1.82) is 0 Å². The Bertz CT molecular complexity index is 376. The van der Waals surface area contributed by atoms with Gasteiger partial charge in [0.2, 0.25) is 0 Å². The van der Waals surface area contributed by atoms with Crippen molar-refractivity contribution in [3.8, 4) is 0 Å². The van der Waals surface area contributed by atoms with Gasteiger partial charge in [-0.1, -0.05) is 26.7 Å². The number of amides is 1. The molecule has 1 saturated carbocycles. The van der Waals surface area contributed by atoms with Gasteiger partial charge in [0.25, 0.3) is 0 Å². The average molecular weight is 313 g/mol. The third-order valence-electron chi connectivity index (χ3n) is 4.34. The van der Waals surface area contributed by atoms with E-state index >= 15 is 0 Å². The van der Waals surface area contributed by atoms with Crippen molar-refractivity contribution < 1.29 is 23.8 Å². The van der Waals surface area contributed by atoms with Crippen molar-refractivity contribution in [2.45, 2.75) is 70.3 Å². The summed E-state index contributed by atoms with van der Waals surface area (Å²) in [5.74, 6) is -0.294. The molecule has 0 aromatic rings. The first-order chi connectivity index (χ1) is 10.7. The Morgan fingerprint density at radius 2 is 1.82 bits per heavy atom. The molecule has 22 heavy (non-hydrogen) atoms. The molecule has 2 fully saturated rings. The molecule has 0 spiro atoms. The van der Waals surface area contributed by atoms with Crippen LogP contribution in [0.4, 0.5) is 4.79 Å². The van der Waals surface area contributed by atoms with E-state index < -0.39 is 6.09 Å². The van der Waals surface area contributed by atoms with E-state index in [0.717, 1.165) is 32.0 Å². The predicted molar refractivity (Wildman–Crippen MR) is 80.7 cm³/mol. The molecular weight excluding hydrogens is 286 g/mol. The smallest absolute Gasteiger partial charge is 0.407 e. The summed E-state index contributed by atoms with van der Waals surface area (Å²) < 4.78 is 17.2. The SMILES string of the molecule is CCCCO[C@@H]1[C@H]2NC(=O)O[C@H]2C[C@H](C=O)[C@H]1OCCCC. The molecule has 5 atom stereocenters. The van der Waals surface area contributed by atoms with Crippen LogP contribution < -0.4 is 5.32 Å². The second-order valence-electron chi connectivity index (χ2n) is 6.03. The van der Waals surface area contributed by atoms with Crippen LogP contribution in [0.25, 0.3) is 0 Å². The molecule has 2 aliphatic rings. The molecule has 1 N–H and O–H groups in total. The molecule has 1 aliphatic carbocycles. The third-order valence-corrected chi connectivity index (χ3v) is 4.34. The van der Waals surface area contributed by atoms with Crippen LogP contribution >= 0.6 is 0 Å². The van der Waals surface area contributed by atoms with Gasteiger partial charge >= 0.3 is 6.09 Å². The maximum atomic E-state index is 11.5. The van der Waals surface area contributed by atoms with Crippen molar-refractivity contribution in [1.82, 2.24) is 5.32 Å². The zero-order valence-electron chi connectivity index (χ0n) is 13.5. The lowest BCUT2D eigenvalue weighted by Crippen LogP contribution is -2.58. The van der Waals surface area contributed by atoms with Gasteiger partial charge in [0.15, 0.2) is 0 Å². The van der Waals surface area contributed by atoms with E-state index in [0.29, 0.717) is 19.6 Å². The second kappa shape index (κ2) is 8.48. The Kier molecular flexibility index (Phi) is 6.64. The topological polar surface area (TPSA) is 73.9 Å². The lowest BCUT2D eigenvalue weighted by molar-refractivity contribution is -0.151. The molecule has 0 bridgehead atoms. The van der Waals surface area contributed by atoms with Crippen molar-refractivity contribution in [3.05, 3.63) is 0 Å². The number of unbranched alkanes of at least 4 members (excludes halogenated alkanes) is 2. The highest BCUT2D eigenvalue weighted by Crippen LogP contribution is 2.33. The fourth-order valence-corrected chi connectivity index (χ4v) is 3.09. The zero-order valence-corrected chi connectivity index (χ0v) is 13.5. The number of ether oxygens (including phenoxy) is 3. The Balaban J connectivity index is 2.08. The molecule has 126 valence electrons. The summed E-state index contributed by atoms with van der Waals surface area (Å²) in [6, 6.07) is -0.229. The van der Waals surface area contributed by atoms with Crippen molar-refractivity contribution >= 4 is 12.4 Å². The summed E-state index contributed by atoms with van der Waals surface area (Å²) in [7, 11) is 0. The first-order valence-corrected chi connectivity index (χ1v) is 8.36. The highest BCUT2D eigenvalue weighted by Gasteiger charge is 2.51. The number of carbonyl (C=O) groups excluding carboxylic acids is 2. The highest BCUT2D eigenvalue weighted by atomic mass is 16.6. The van der Waals surface area contributed by atoms with Crippen LogP contribution in [-0.2, 0) is 19.0 Å². The molecule has 0 aromatic heterocycles. The van der Waals surface area contributed by atoms with Gasteiger partial charge in [-0.05, 0) is 19.3 Å². The van der Waals surface area contributed by atoms with Crippen LogP contribution in [0.1, 0.15) is 46.0 Å². The largest absolute Gasteiger partial charge is 0.444 e. The number of rotatable bonds is 9. The van der Waals surface area contributed by atoms with Crippen LogP contribution in [0.15, 0.2) is 0 Å². The maximum Gasteiger partial charge on any atom is 0.407 e. The maximum absolute atomic E-state index is 11.5. The van der Waals surface area contributed by atoms with Gasteiger partial charge in [-0.2, -0.15) is 0 Å². The zero-order chi connectivity index (χ0) is 15.9. The Labute approximate surface area is 131 Å². The average Bonchev–Trinajstić information content (AvgIpc) is 2.88. The summed E-state index contributed by atoms with van der Waals surface area (Å²) in [5.41, 5.74) is 0. The minimum absolute atomic E-state index is 0.229. The second-order valence-corrected chi connectivity index (χ2v) is 6.03. The molecule has 6 nitrogen and oxygen atoms in total. The Morgan fingerprint density at radius 1 is 1.18 bits per heavy atom. The van der Waals surface area contributed by atoms with Crippen LogP contribution in [0.3, 0.4) is 0 Å². The summed E-state index contributed by atoms with van der Waals surface area (Å²) in [6.45, 7) is 5.39. The number of nitrogens with one attached hydrogen (secondary N) is 1. The number of aldehydes is 1. The summed E-state index contributed by atoms with van der Waals surface area (Å²) in [5, 5.41) is 2.82. The lowest BCUT2D eigenvalue weighted by Gasteiger charge is -2.40. The molecule has 6 heteroatoms. The molecule has 1 heterocycles. The normalized spacial score (nSPS) is 33.9. The van der Waals surface area contributed by atoms with Gasteiger partial charge in [-0.25, -0.2) is 4.79 Å². The summed E-state index contributed by atoms with van der Waals surface area (Å²) in [6.07, 6.45) is 3.98. The Hall–Kier alpha value is -1.14. The fraction of sp³-hybridized carbons (Fsp3) is 0.875. The van der Waals surface area contributed by atoms with Gasteiger partial charge < -0.3 is 24.3 Å². The van der Waals surface area contributed by atoms with E-state index in [-0.39, 0.29) is 30.3 Å². The van der Waals surface area contributed by atoms with E-state index in [4.69, 9.17) is 14.2 Å². The number of hydrogen-bond donors (Lipinski definition) is 1. The van der Waals surface area contributed by atoms with Crippen LogP contribution in [0, 0.1) is 5.92 Å². The van der Waals surface area contributed by atoms with Crippen molar-refractivity contribution in [2.75, 3.05) is 13.2 Å². The molecule has 0 unspecified atom stereocenters. The molecule has 1 aliphatic heterocycles. The fourth-order valence-electron chi connectivity index (χ4n) is 3.09. The molecule has 2 rings (SSSR count). The van der Waals surface area contributed by atoms with Gasteiger partial charge in [0.1, 0.15) is 18.5 Å². The van der Waals surface area contributed by atoms with Crippen LogP contribution in [0.5, 0.6) is 0 Å². The van der Waals surface area contributed by atoms with E-state index in [1.807, 2.05) is 0 Å². The molecular formula is C16H27NO5. The number of carbonyl (C=O) groups is 2. The number of hydrogen-bond acceptors (Lipinski definition) is 5. The molecule has 1 amide bonds. The predicted octanol–water partition coefficient (Wildman–Crippen LogP) is 2.05. The monoisotopic (exact) mass is 313 g/mol. The Morgan fingerprint density at radius 3 is 2.41 bits per heavy atom. The van der Waals surface area contributed by atoms with E-state index in [9.17, 15) is 9.59 Å². The minimum Gasteiger partial charge on any atom is -0.444 e. The van der Waals surface area contributed by atoms with Gasteiger partial charge in [-0.3, -0.25) is 0 Å². The quantitative estimate of drug-likeness (QED) is 0.521. The van der Waals surface area contributed by atoms with Gasteiger partial charge in [-0.15, -0.1) is 0 Å². The standard InChI is InChI=1S/C16H27NO5/c1-3-5-7-20-14-11(10-18)9-12-13(17-16(19)22-12)15(14)21-8-6-4-2/h10-15H,3-9H2,1-2H3,(H,17,19)/t11-,12+,13+,14-,15-/m1/s1. The van der Waals surface area contributed by atoms with Crippen LogP contribution in [-0.4, -0.2) is 49.9 Å². The molecule has 0 radical (unpaired) electrons. The third kappa shape index (κ3) is 3.98. The molecule has 0 aromatic carbocycles. The summed E-state index contributed by atoms with van der Waals surface area (Å²) in [4.78, 5) is 23.0. The van der Waals surface area contributed by atoms with Crippen molar-refractivity contribution in [3.63, 3.8) is 0 Å². The van der Waals surface area contributed by atoms with E-state index in [2.05, 4.69) is 19.2 Å².